The van der Waals surface area contributed by atoms with Gasteiger partial charge in [-0.15, -0.1) is 0 Å². The fraction of sp³-hybridized carbons (Fsp3) is 0.167. The zero-order valence-corrected chi connectivity index (χ0v) is 14.5. The molecule has 0 spiro atoms. The lowest BCUT2D eigenvalue weighted by Gasteiger charge is -2.09. The summed E-state index contributed by atoms with van der Waals surface area (Å²) in [5.41, 5.74) is 0.353. The van der Waals surface area contributed by atoms with Gasteiger partial charge in [0.25, 0.3) is 0 Å². The molecule has 1 heterocycles. The highest BCUT2D eigenvalue weighted by molar-refractivity contribution is 8.00. The Hall–Kier alpha value is -2.61. The predicted molar refractivity (Wildman–Crippen MR) is 95.1 cm³/mol. The maximum atomic E-state index is 12.5. The van der Waals surface area contributed by atoms with E-state index in [1.807, 2.05) is 24.3 Å². The lowest BCUT2D eigenvalue weighted by Crippen LogP contribution is -2.14. The molecule has 4 nitrogen and oxygen atoms in total. The van der Waals surface area contributed by atoms with E-state index < -0.39 is 11.7 Å². The molecule has 0 fully saturated rings. The SMILES string of the molecule is Cc1nc(SCC(=O)Nc2ccc(C(F)(F)F)cc2)c2ccccc2n1. The molecule has 1 aromatic heterocycles. The summed E-state index contributed by atoms with van der Waals surface area (Å²) in [7, 11) is 0. The molecule has 0 unspecified atom stereocenters. The molecule has 0 aliphatic rings. The van der Waals surface area contributed by atoms with Crippen LogP contribution in [0.1, 0.15) is 11.4 Å². The van der Waals surface area contributed by atoms with Crippen molar-refractivity contribution in [1.29, 1.82) is 0 Å². The van der Waals surface area contributed by atoms with Crippen molar-refractivity contribution in [2.24, 2.45) is 0 Å². The molecular weight excluding hydrogens is 363 g/mol. The van der Waals surface area contributed by atoms with Gasteiger partial charge in [0, 0.05) is 11.1 Å². The maximum absolute atomic E-state index is 12.5. The molecular formula is C18H14F3N3OS. The van der Waals surface area contributed by atoms with Gasteiger partial charge in [0.15, 0.2) is 0 Å². The van der Waals surface area contributed by atoms with E-state index in [4.69, 9.17) is 0 Å². The highest BCUT2D eigenvalue weighted by Gasteiger charge is 2.29. The molecule has 0 saturated carbocycles. The average Bonchev–Trinajstić information content (AvgIpc) is 2.59. The number of benzene rings is 2. The number of halogens is 3. The topological polar surface area (TPSA) is 54.9 Å². The minimum Gasteiger partial charge on any atom is -0.325 e. The van der Waals surface area contributed by atoms with Gasteiger partial charge >= 0.3 is 6.18 Å². The lowest BCUT2D eigenvalue weighted by molar-refractivity contribution is -0.137. The first-order valence-electron chi connectivity index (χ1n) is 7.66. The van der Waals surface area contributed by atoms with Crippen LogP contribution in [0.4, 0.5) is 18.9 Å². The number of amides is 1. The Morgan fingerprint density at radius 3 is 2.46 bits per heavy atom. The van der Waals surface area contributed by atoms with Gasteiger partial charge in [0.05, 0.1) is 16.8 Å². The lowest BCUT2D eigenvalue weighted by atomic mass is 10.2. The molecule has 0 radical (unpaired) electrons. The Bertz CT molecular complexity index is 943. The van der Waals surface area contributed by atoms with E-state index >= 15 is 0 Å². The Labute approximate surface area is 151 Å². The van der Waals surface area contributed by atoms with Crippen LogP contribution in [0.25, 0.3) is 10.9 Å². The number of hydrogen-bond acceptors (Lipinski definition) is 4. The number of anilines is 1. The van der Waals surface area contributed by atoms with Gasteiger partial charge in [-0.05, 0) is 37.3 Å². The number of aryl methyl sites for hydroxylation is 1. The smallest absolute Gasteiger partial charge is 0.325 e. The second kappa shape index (κ2) is 7.33. The largest absolute Gasteiger partial charge is 0.416 e. The minimum atomic E-state index is -4.40. The van der Waals surface area contributed by atoms with Gasteiger partial charge in [-0.2, -0.15) is 13.2 Å². The number of nitrogens with one attached hydrogen (secondary N) is 1. The summed E-state index contributed by atoms with van der Waals surface area (Å²) in [4.78, 5) is 20.8. The first-order valence-corrected chi connectivity index (χ1v) is 8.65. The van der Waals surface area contributed by atoms with Crippen LogP contribution in [-0.4, -0.2) is 21.6 Å². The number of para-hydroxylation sites is 1. The van der Waals surface area contributed by atoms with Crippen molar-refractivity contribution in [3.63, 3.8) is 0 Å². The zero-order chi connectivity index (χ0) is 18.7. The molecule has 8 heteroatoms. The van der Waals surface area contributed by atoms with Gasteiger partial charge in [0.2, 0.25) is 5.91 Å². The summed E-state index contributed by atoms with van der Waals surface area (Å²) in [5, 5.41) is 4.13. The van der Waals surface area contributed by atoms with E-state index in [0.717, 1.165) is 23.0 Å². The van der Waals surface area contributed by atoms with Gasteiger partial charge in [-0.1, -0.05) is 30.0 Å². The molecule has 0 saturated heterocycles. The number of hydrogen-bond donors (Lipinski definition) is 1. The molecule has 26 heavy (non-hydrogen) atoms. The van der Waals surface area contributed by atoms with E-state index in [1.165, 1.54) is 23.9 Å². The molecule has 0 atom stereocenters. The number of aromatic nitrogens is 2. The van der Waals surface area contributed by atoms with E-state index in [0.29, 0.717) is 16.5 Å². The van der Waals surface area contributed by atoms with Crippen LogP contribution in [-0.2, 0) is 11.0 Å². The fourth-order valence-electron chi connectivity index (χ4n) is 2.34. The van der Waals surface area contributed by atoms with E-state index in [1.54, 1.807) is 6.92 Å². The van der Waals surface area contributed by atoms with E-state index in [-0.39, 0.29) is 11.7 Å². The third kappa shape index (κ3) is 4.32. The summed E-state index contributed by atoms with van der Waals surface area (Å²) < 4.78 is 37.6. The summed E-state index contributed by atoms with van der Waals surface area (Å²) in [6.45, 7) is 1.78. The average molecular weight is 377 g/mol. The highest BCUT2D eigenvalue weighted by atomic mass is 32.2. The number of alkyl halides is 3. The molecule has 0 aliphatic carbocycles. The van der Waals surface area contributed by atoms with Crippen molar-refractivity contribution in [3.05, 3.63) is 59.9 Å². The van der Waals surface area contributed by atoms with Gasteiger partial charge in [-0.25, -0.2) is 9.97 Å². The van der Waals surface area contributed by atoms with Crippen molar-refractivity contribution in [2.45, 2.75) is 18.1 Å². The van der Waals surface area contributed by atoms with Crippen LogP contribution in [0.15, 0.2) is 53.6 Å². The van der Waals surface area contributed by atoms with Crippen LogP contribution < -0.4 is 5.32 Å². The molecule has 3 rings (SSSR count). The molecule has 2 aromatic carbocycles. The summed E-state index contributed by atoms with van der Waals surface area (Å²) in [6, 6.07) is 11.8. The molecule has 0 aliphatic heterocycles. The van der Waals surface area contributed by atoms with E-state index in [9.17, 15) is 18.0 Å². The summed E-state index contributed by atoms with van der Waals surface area (Å²) in [5.74, 6) is 0.367. The predicted octanol–water partition coefficient (Wildman–Crippen LogP) is 4.69. The number of carbonyl (C=O) groups is 1. The Balaban J connectivity index is 1.66. The van der Waals surface area contributed by atoms with Crippen molar-refractivity contribution in [1.82, 2.24) is 9.97 Å². The Kier molecular flexibility index (Phi) is 5.13. The number of thioether (sulfide) groups is 1. The molecule has 0 bridgehead atoms. The van der Waals surface area contributed by atoms with Crippen molar-refractivity contribution >= 4 is 34.3 Å². The number of rotatable bonds is 4. The number of carbonyl (C=O) groups excluding carboxylic acids is 1. The summed E-state index contributed by atoms with van der Waals surface area (Å²) >= 11 is 1.26. The zero-order valence-electron chi connectivity index (χ0n) is 13.7. The van der Waals surface area contributed by atoms with E-state index in [2.05, 4.69) is 15.3 Å². The number of fused-ring (bicyclic) bond motifs is 1. The maximum Gasteiger partial charge on any atom is 0.416 e. The van der Waals surface area contributed by atoms with Gasteiger partial charge in [0.1, 0.15) is 10.9 Å². The van der Waals surface area contributed by atoms with Crippen LogP contribution in [0.3, 0.4) is 0 Å². The Morgan fingerprint density at radius 1 is 1.08 bits per heavy atom. The molecule has 1 amide bonds. The molecule has 3 aromatic rings. The molecule has 1 N–H and O–H groups in total. The first-order chi connectivity index (χ1) is 12.3. The normalized spacial score (nSPS) is 11.5. The molecule has 134 valence electrons. The van der Waals surface area contributed by atoms with Crippen molar-refractivity contribution in [2.75, 3.05) is 11.1 Å². The Morgan fingerprint density at radius 2 is 1.77 bits per heavy atom. The second-order valence-corrected chi connectivity index (χ2v) is 6.47. The van der Waals surface area contributed by atoms with Crippen molar-refractivity contribution < 1.29 is 18.0 Å². The highest BCUT2D eigenvalue weighted by Crippen LogP contribution is 2.30. The van der Waals surface area contributed by atoms with Crippen molar-refractivity contribution in [3.8, 4) is 0 Å². The standard InChI is InChI=1S/C18H14F3N3OS/c1-11-22-15-5-3-2-4-14(15)17(23-11)26-10-16(25)24-13-8-6-12(7-9-13)18(19,20)21/h2-9H,10H2,1H3,(H,24,25). The van der Waals surface area contributed by atoms with Crippen LogP contribution in [0.5, 0.6) is 0 Å². The van der Waals surface area contributed by atoms with Crippen LogP contribution >= 0.6 is 11.8 Å². The second-order valence-electron chi connectivity index (χ2n) is 5.51. The fourth-order valence-corrected chi connectivity index (χ4v) is 3.21. The number of nitrogens with zero attached hydrogens (tertiary/aromatic N) is 2. The van der Waals surface area contributed by atoms with Gasteiger partial charge < -0.3 is 5.32 Å². The van der Waals surface area contributed by atoms with Crippen LogP contribution in [0, 0.1) is 6.92 Å². The minimum absolute atomic E-state index is 0.0848. The third-order valence-electron chi connectivity index (χ3n) is 3.52. The first kappa shape index (κ1) is 18.2. The monoisotopic (exact) mass is 377 g/mol. The van der Waals surface area contributed by atoms with Gasteiger partial charge in [-0.3, -0.25) is 4.79 Å². The van der Waals surface area contributed by atoms with Crippen LogP contribution in [0.2, 0.25) is 0 Å². The quantitative estimate of drug-likeness (QED) is 0.529. The summed E-state index contributed by atoms with van der Waals surface area (Å²) in [6.07, 6.45) is -4.40. The third-order valence-corrected chi connectivity index (χ3v) is 4.51.